The van der Waals surface area contributed by atoms with E-state index in [1.165, 1.54) is 5.56 Å². The van der Waals surface area contributed by atoms with Gasteiger partial charge in [-0.05, 0) is 17.0 Å². The first-order valence-electron chi connectivity index (χ1n) is 6.68. The van der Waals surface area contributed by atoms with Gasteiger partial charge in [-0.15, -0.1) is 0 Å². The largest absolute Gasteiger partial charge is 0.339 e. The molecule has 0 aliphatic carbocycles. The zero-order valence-electron chi connectivity index (χ0n) is 11.9. The van der Waals surface area contributed by atoms with Crippen molar-refractivity contribution in [2.75, 3.05) is 0 Å². The van der Waals surface area contributed by atoms with Gasteiger partial charge in [-0.2, -0.15) is 4.98 Å². The molecule has 2 N–H and O–H groups in total. The highest BCUT2D eigenvalue weighted by Crippen LogP contribution is 2.22. The van der Waals surface area contributed by atoms with E-state index in [2.05, 4.69) is 36.1 Å². The molecule has 1 aromatic carbocycles. The van der Waals surface area contributed by atoms with Crippen LogP contribution in [0.25, 0.3) is 0 Å². The Bertz CT molecular complexity index is 529. The fourth-order valence-corrected chi connectivity index (χ4v) is 1.85. The Labute approximate surface area is 114 Å². The summed E-state index contributed by atoms with van der Waals surface area (Å²) in [5, 5.41) is 3.96. The van der Waals surface area contributed by atoms with Gasteiger partial charge in [0.2, 0.25) is 5.89 Å². The van der Waals surface area contributed by atoms with E-state index in [9.17, 15) is 0 Å². The number of nitrogens with two attached hydrogens (primary N) is 1. The van der Waals surface area contributed by atoms with Gasteiger partial charge in [0.05, 0.1) is 6.04 Å². The fourth-order valence-electron chi connectivity index (χ4n) is 1.85. The third-order valence-electron chi connectivity index (χ3n) is 3.19. The molecule has 1 aromatic heterocycles. The minimum atomic E-state index is -0.336. The predicted molar refractivity (Wildman–Crippen MR) is 74.9 cm³/mol. The molecule has 0 aliphatic rings. The minimum absolute atomic E-state index is 0.219. The number of rotatable bonds is 4. The molecule has 102 valence electrons. The van der Waals surface area contributed by atoms with Crippen LogP contribution in [0.15, 0.2) is 28.8 Å². The van der Waals surface area contributed by atoms with Crippen molar-refractivity contribution < 1.29 is 4.52 Å². The fraction of sp³-hybridized carbons (Fsp3) is 0.467. The van der Waals surface area contributed by atoms with E-state index in [1.807, 2.05) is 26.0 Å². The van der Waals surface area contributed by atoms with Crippen LogP contribution >= 0.6 is 0 Å². The first kappa shape index (κ1) is 13.7. The van der Waals surface area contributed by atoms with Crippen LogP contribution in [0.1, 0.15) is 68.4 Å². The van der Waals surface area contributed by atoms with Gasteiger partial charge >= 0.3 is 0 Å². The van der Waals surface area contributed by atoms with Crippen molar-refractivity contribution >= 4 is 0 Å². The predicted octanol–water partition coefficient (Wildman–Crippen LogP) is 3.36. The smallest absolute Gasteiger partial charge is 0.229 e. The first-order chi connectivity index (χ1) is 8.99. The van der Waals surface area contributed by atoms with Crippen LogP contribution in [-0.4, -0.2) is 10.1 Å². The van der Waals surface area contributed by atoms with Crippen LogP contribution in [0.2, 0.25) is 0 Å². The molecule has 0 radical (unpaired) electrons. The average Bonchev–Trinajstić information content (AvgIpc) is 2.87. The van der Waals surface area contributed by atoms with Crippen LogP contribution in [-0.2, 0) is 0 Å². The number of aromatic nitrogens is 2. The molecule has 2 aromatic rings. The summed E-state index contributed by atoms with van der Waals surface area (Å²) in [5.41, 5.74) is 8.47. The normalized spacial score (nSPS) is 13.2. The number of nitrogens with zero attached hydrogens (tertiary/aromatic N) is 2. The van der Waals surface area contributed by atoms with Gasteiger partial charge in [0.15, 0.2) is 5.82 Å². The molecule has 2 rings (SSSR count). The van der Waals surface area contributed by atoms with Crippen LogP contribution in [0.4, 0.5) is 0 Å². The maximum absolute atomic E-state index is 6.17. The van der Waals surface area contributed by atoms with Gasteiger partial charge in [-0.25, -0.2) is 0 Å². The van der Waals surface area contributed by atoms with E-state index in [0.717, 1.165) is 5.56 Å². The topological polar surface area (TPSA) is 64.9 Å². The van der Waals surface area contributed by atoms with E-state index in [-0.39, 0.29) is 12.0 Å². The molecule has 1 heterocycles. The molecular weight excluding hydrogens is 238 g/mol. The second kappa shape index (κ2) is 5.53. The van der Waals surface area contributed by atoms with Crippen molar-refractivity contribution in [2.45, 2.75) is 45.6 Å². The summed E-state index contributed by atoms with van der Waals surface area (Å²) in [6, 6.07) is 7.93. The van der Waals surface area contributed by atoms with Crippen LogP contribution in [0.3, 0.4) is 0 Å². The second-order valence-electron chi connectivity index (χ2n) is 5.44. The van der Waals surface area contributed by atoms with Gasteiger partial charge in [-0.3, -0.25) is 0 Å². The van der Waals surface area contributed by atoms with Crippen molar-refractivity contribution in [3.05, 3.63) is 47.1 Å². The summed E-state index contributed by atoms with van der Waals surface area (Å²) < 4.78 is 5.19. The monoisotopic (exact) mass is 259 g/mol. The maximum atomic E-state index is 6.17. The lowest BCUT2D eigenvalue weighted by atomic mass is 9.99. The van der Waals surface area contributed by atoms with Gasteiger partial charge in [-0.1, -0.05) is 57.1 Å². The number of hydrogen-bond donors (Lipinski definition) is 1. The summed E-state index contributed by atoms with van der Waals surface area (Å²) in [4.78, 5) is 4.34. The highest BCUT2D eigenvalue weighted by atomic mass is 16.5. The Morgan fingerprint density at radius 1 is 0.947 bits per heavy atom. The van der Waals surface area contributed by atoms with E-state index in [4.69, 9.17) is 10.3 Å². The standard InChI is InChI=1S/C15H21N3O/c1-9(2)11-5-7-12(8-6-11)13(16)14-17-15(10(3)4)19-18-14/h5-10,13H,16H2,1-4H3. The number of benzene rings is 1. The number of hydrogen-bond acceptors (Lipinski definition) is 4. The molecule has 19 heavy (non-hydrogen) atoms. The van der Waals surface area contributed by atoms with Crippen molar-refractivity contribution in [2.24, 2.45) is 5.73 Å². The van der Waals surface area contributed by atoms with Crippen LogP contribution in [0, 0.1) is 0 Å². The van der Waals surface area contributed by atoms with Gasteiger partial charge < -0.3 is 10.3 Å². The zero-order valence-corrected chi connectivity index (χ0v) is 11.9. The Balaban J connectivity index is 2.20. The first-order valence-corrected chi connectivity index (χ1v) is 6.68. The Morgan fingerprint density at radius 2 is 1.53 bits per heavy atom. The van der Waals surface area contributed by atoms with E-state index in [1.54, 1.807) is 0 Å². The third kappa shape index (κ3) is 3.01. The van der Waals surface area contributed by atoms with E-state index < -0.39 is 0 Å². The lowest BCUT2D eigenvalue weighted by Crippen LogP contribution is -2.13. The molecule has 0 amide bonds. The summed E-state index contributed by atoms with van der Waals surface area (Å²) in [7, 11) is 0. The lowest BCUT2D eigenvalue weighted by Gasteiger charge is -2.10. The lowest BCUT2D eigenvalue weighted by molar-refractivity contribution is 0.359. The van der Waals surface area contributed by atoms with Gasteiger partial charge in [0, 0.05) is 5.92 Å². The Morgan fingerprint density at radius 3 is 2.00 bits per heavy atom. The van der Waals surface area contributed by atoms with Crippen molar-refractivity contribution in [3.63, 3.8) is 0 Å². The third-order valence-corrected chi connectivity index (χ3v) is 3.19. The van der Waals surface area contributed by atoms with Crippen LogP contribution < -0.4 is 5.73 Å². The van der Waals surface area contributed by atoms with Crippen LogP contribution in [0.5, 0.6) is 0 Å². The molecule has 0 saturated carbocycles. The molecule has 0 bridgehead atoms. The molecule has 1 unspecified atom stereocenters. The second-order valence-corrected chi connectivity index (χ2v) is 5.44. The molecule has 4 heteroatoms. The minimum Gasteiger partial charge on any atom is -0.339 e. The molecular formula is C15H21N3O. The summed E-state index contributed by atoms with van der Waals surface area (Å²) in [5.74, 6) is 1.91. The van der Waals surface area contributed by atoms with E-state index >= 15 is 0 Å². The summed E-state index contributed by atoms with van der Waals surface area (Å²) in [6.45, 7) is 8.37. The van der Waals surface area contributed by atoms with Crippen molar-refractivity contribution in [1.82, 2.24) is 10.1 Å². The van der Waals surface area contributed by atoms with Gasteiger partial charge in [0.25, 0.3) is 0 Å². The average molecular weight is 259 g/mol. The Hall–Kier alpha value is -1.68. The zero-order chi connectivity index (χ0) is 14.0. The quantitative estimate of drug-likeness (QED) is 0.914. The van der Waals surface area contributed by atoms with Crippen molar-refractivity contribution in [1.29, 1.82) is 0 Å². The molecule has 0 saturated heterocycles. The molecule has 1 atom stereocenters. The highest BCUT2D eigenvalue weighted by Gasteiger charge is 2.17. The molecule has 0 aliphatic heterocycles. The SMILES string of the molecule is CC(C)c1ccc(C(N)c2noc(C(C)C)n2)cc1. The maximum Gasteiger partial charge on any atom is 0.229 e. The van der Waals surface area contributed by atoms with Gasteiger partial charge in [0.1, 0.15) is 0 Å². The summed E-state index contributed by atoms with van der Waals surface area (Å²) >= 11 is 0. The summed E-state index contributed by atoms with van der Waals surface area (Å²) in [6.07, 6.45) is 0. The molecule has 4 nitrogen and oxygen atoms in total. The highest BCUT2D eigenvalue weighted by molar-refractivity contribution is 5.29. The molecule has 0 fully saturated rings. The van der Waals surface area contributed by atoms with E-state index in [0.29, 0.717) is 17.6 Å². The Kier molecular flexibility index (Phi) is 4.00. The molecule has 0 spiro atoms. The van der Waals surface area contributed by atoms with Crippen molar-refractivity contribution in [3.8, 4) is 0 Å².